The summed E-state index contributed by atoms with van der Waals surface area (Å²) < 4.78 is 0. The van der Waals surface area contributed by atoms with Gasteiger partial charge < -0.3 is 5.32 Å². The molecule has 102 valence electrons. The van der Waals surface area contributed by atoms with Crippen LogP contribution < -0.4 is 5.32 Å². The van der Waals surface area contributed by atoms with Gasteiger partial charge >= 0.3 is 0 Å². The van der Waals surface area contributed by atoms with Crippen molar-refractivity contribution >= 4 is 17.5 Å². The topological polar surface area (TPSA) is 29.1 Å². The van der Waals surface area contributed by atoms with Crippen LogP contribution in [0.3, 0.4) is 0 Å². The summed E-state index contributed by atoms with van der Waals surface area (Å²) in [5, 5.41) is 3.22. The maximum atomic E-state index is 12.3. The lowest BCUT2D eigenvalue weighted by atomic mass is 10.1. The third-order valence-electron chi connectivity index (χ3n) is 4.54. The quantitative estimate of drug-likeness (QED) is 0.841. The molecule has 2 saturated carbocycles. The minimum atomic E-state index is 0.180. The summed E-state index contributed by atoms with van der Waals surface area (Å²) >= 11 is 5.95. The molecule has 0 radical (unpaired) electrons. The van der Waals surface area contributed by atoms with E-state index in [-0.39, 0.29) is 11.8 Å². The fourth-order valence-electron chi connectivity index (χ4n) is 3.25. The SMILES string of the molecule is O=C(NC1CCCC1CCl)C1CC1c1ccccc1. The second-order valence-electron chi connectivity index (χ2n) is 5.82. The van der Waals surface area contributed by atoms with Gasteiger partial charge in [0.2, 0.25) is 5.91 Å². The second kappa shape index (κ2) is 5.54. The number of hydrogen-bond donors (Lipinski definition) is 1. The number of benzene rings is 1. The average molecular weight is 278 g/mol. The zero-order chi connectivity index (χ0) is 13.2. The van der Waals surface area contributed by atoms with E-state index in [4.69, 9.17) is 11.6 Å². The predicted octanol–water partition coefficient (Wildman–Crippen LogP) is 3.31. The third-order valence-corrected chi connectivity index (χ3v) is 4.94. The van der Waals surface area contributed by atoms with Crippen LogP contribution in [0.4, 0.5) is 0 Å². The number of halogens is 1. The first-order valence-electron chi connectivity index (χ1n) is 7.21. The van der Waals surface area contributed by atoms with E-state index in [1.165, 1.54) is 12.0 Å². The van der Waals surface area contributed by atoms with Crippen LogP contribution in [0.15, 0.2) is 30.3 Å². The first-order chi connectivity index (χ1) is 9.29. The monoisotopic (exact) mass is 277 g/mol. The molecule has 0 bridgehead atoms. The normalized spacial score (nSPS) is 33.1. The standard InChI is InChI=1S/C16H20ClNO/c17-10-12-7-4-8-15(12)18-16(19)14-9-13(14)11-5-2-1-3-6-11/h1-3,5-6,12-15H,4,7-10H2,(H,18,19). The Morgan fingerprint density at radius 3 is 2.79 bits per heavy atom. The van der Waals surface area contributed by atoms with Crippen molar-refractivity contribution in [1.82, 2.24) is 5.32 Å². The number of carbonyl (C=O) groups is 1. The molecule has 0 aliphatic heterocycles. The van der Waals surface area contributed by atoms with Crippen molar-refractivity contribution in [1.29, 1.82) is 0 Å². The predicted molar refractivity (Wildman–Crippen MR) is 77.3 cm³/mol. The van der Waals surface area contributed by atoms with Gasteiger partial charge in [-0.2, -0.15) is 0 Å². The Hall–Kier alpha value is -1.02. The molecule has 0 saturated heterocycles. The largest absolute Gasteiger partial charge is 0.353 e. The molecular formula is C16H20ClNO. The van der Waals surface area contributed by atoms with Gasteiger partial charge in [-0.05, 0) is 36.7 Å². The number of nitrogens with one attached hydrogen (secondary N) is 1. The molecule has 1 aromatic carbocycles. The van der Waals surface area contributed by atoms with Crippen LogP contribution in [0, 0.1) is 11.8 Å². The maximum Gasteiger partial charge on any atom is 0.223 e. The molecule has 1 amide bonds. The third kappa shape index (κ3) is 2.79. The molecule has 19 heavy (non-hydrogen) atoms. The van der Waals surface area contributed by atoms with E-state index in [1.54, 1.807) is 0 Å². The van der Waals surface area contributed by atoms with Crippen LogP contribution in [0.1, 0.15) is 37.2 Å². The summed E-state index contributed by atoms with van der Waals surface area (Å²) in [6.45, 7) is 0. The minimum absolute atomic E-state index is 0.180. The molecule has 2 fully saturated rings. The molecule has 3 heteroatoms. The van der Waals surface area contributed by atoms with Crippen LogP contribution in [-0.2, 0) is 4.79 Å². The van der Waals surface area contributed by atoms with Crippen LogP contribution in [0.25, 0.3) is 0 Å². The number of hydrogen-bond acceptors (Lipinski definition) is 1. The van der Waals surface area contributed by atoms with Crippen molar-refractivity contribution < 1.29 is 4.79 Å². The highest BCUT2D eigenvalue weighted by Crippen LogP contribution is 2.47. The first kappa shape index (κ1) is 13.0. The molecule has 0 spiro atoms. The van der Waals surface area contributed by atoms with E-state index in [2.05, 4.69) is 17.4 Å². The van der Waals surface area contributed by atoms with E-state index in [0.29, 0.717) is 23.8 Å². The highest BCUT2D eigenvalue weighted by atomic mass is 35.5. The summed E-state index contributed by atoms with van der Waals surface area (Å²) in [5.74, 6) is 1.98. The molecule has 2 aliphatic rings. The molecule has 2 aliphatic carbocycles. The Kier molecular flexibility index (Phi) is 3.79. The molecule has 4 atom stereocenters. The first-order valence-corrected chi connectivity index (χ1v) is 7.74. The zero-order valence-electron chi connectivity index (χ0n) is 11.0. The lowest BCUT2D eigenvalue weighted by Crippen LogP contribution is -2.39. The van der Waals surface area contributed by atoms with Gasteiger partial charge in [0, 0.05) is 17.8 Å². The van der Waals surface area contributed by atoms with Crippen molar-refractivity contribution in [3.05, 3.63) is 35.9 Å². The molecule has 4 unspecified atom stereocenters. The number of alkyl halides is 1. The lowest BCUT2D eigenvalue weighted by molar-refractivity contribution is -0.123. The highest BCUT2D eigenvalue weighted by molar-refractivity contribution is 6.18. The fraction of sp³-hybridized carbons (Fsp3) is 0.562. The second-order valence-corrected chi connectivity index (χ2v) is 6.13. The van der Waals surface area contributed by atoms with Gasteiger partial charge in [-0.3, -0.25) is 4.79 Å². The van der Waals surface area contributed by atoms with Gasteiger partial charge in [-0.25, -0.2) is 0 Å². The number of rotatable bonds is 4. The minimum Gasteiger partial charge on any atom is -0.353 e. The summed E-state index contributed by atoms with van der Waals surface area (Å²) in [7, 11) is 0. The van der Waals surface area contributed by atoms with Gasteiger partial charge in [-0.1, -0.05) is 36.8 Å². The van der Waals surface area contributed by atoms with Crippen LogP contribution in [-0.4, -0.2) is 17.8 Å². The number of amides is 1. The molecule has 0 aromatic heterocycles. The van der Waals surface area contributed by atoms with Gasteiger partial charge in [0.05, 0.1) is 0 Å². The van der Waals surface area contributed by atoms with Gasteiger partial charge in [-0.15, -0.1) is 11.6 Å². The zero-order valence-corrected chi connectivity index (χ0v) is 11.8. The van der Waals surface area contributed by atoms with E-state index in [9.17, 15) is 4.79 Å². The van der Waals surface area contributed by atoms with Crippen LogP contribution in [0.5, 0.6) is 0 Å². The molecule has 2 nitrogen and oxygen atoms in total. The van der Waals surface area contributed by atoms with Crippen LogP contribution in [0.2, 0.25) is 0 Å². The molecule has 1 aromatic rings. The van der Waals surface area contributed by atoms with Crippen LogP contribution >= 0.6 is 11.6 Å². The number of carbonyl (C=O) groups excluding carboxylic acids is 1. The van der Waals surface area contributed by atoms with Gasteiger partial charge in [0.1, 0.15) is 0 Å². The highest BCUT2D eigenvalue weighted by Gasteiger charge is 2.44. The summed E-state index contributed by atoms with van der Waals surface area (Å²) in [6, 6.07) is 10.7. The Morgan fingerprint density at radius 1 is 1.26 bits per heavy atom. The molecule has 1 N–H and O–H groups in total. The van der Waals surface area contributed by atoms with E-state index in [1.807, 2.05) is 18.2 Å². The maximum absolute atomic E-state index is 12.3. The van der Waals surface area contributed by atoms with E-state index >= 15 is 0 Å². The van der Waals surface area contributed by atoms with Crippen molar-refractivity contribution in [2.45, 2.75) is 37.6 Å². The fourth-order valence-corrected chi connectivity index (χ4v) is 3.62. The van der Waals surface area contributed by atoms with Crippen molar-refractivity contribution in [2.24, 2.45) is 11.8 Å². The summed E-state index contributed by atoms with van der Waals surface area (Å²) in [5.41, 5.74) is 1.29. The Labute approximate surface area is 119 Å². The molecule has 0 heterocycles. The lowest BCUT2D eigenvalue weighted by Gasteiger charge is -2.18. The summed E-state index contributed by atoms with van der Waals surface area (Å²) in [4.78, 5) is 12.3. The Balaban J connectivity index is 1.55. The van der Waals surface area contributed by atoms with Gasteiger partial charge in [0.25, 0.3) is 0 Å². The average Bonchev–Trinajstić information content (AvgIpc) is 3.14. The van der Waals surface area contributed by atoms with Crippen molar-refractivity contribution in [3.8, 4) is 0 Å². The summed E-state index contributed by atoms with van der Waals surface area (Å²) in [6.07, 6.45) is 4.43. The Morgan fingerprint density at radius 2 is 2.05 bits per heavy atom. The van der Waals surface area contributed by atoms with Crippen molar-refractivity contribution in [3.63, 3.8) is 0 Å². The van der Waals surface area contributed by atoms with E-state index < -0.39 is 0 Å². The van der Waals surface area contributed by atoms with Gasteiger partial charge in [0.15, 0.2) is 0 Å². The Bertz CT molecular complexity index is 447. The van der Waals surface area contributed by atoms with Crippen molar-refractivity contribution in [2.75, 3.05) is 5.88 Å². The molecule has 3 rings (SSSR count). The molecular weight excluding hydrogens is 258 g/mol. The smallest absolute Gasteiger partial charge is 0.223 e. The van der Waals surface area contributed by atoms with E-state index in [0.717, 1.165) is 19.3 Å².